The van der Waals surface area contributed by atoms with E-state index in [1.54, 1.807) is 25.1 Å². The molecule has 0 aromatic heterocycles. The molecule has 0 radical (unpaired) electrons. The summed E-state index contributed by atoms with van der Waals surface area (Å²) >= 11 is 0. The van der Waals surface area contributed by atoms with Crippen LogP contribution >= 0.6 is 0 Å². The molecule has 0 aliphatic heterocycles. The van der Waals surface area contributed by atoms with Gasteiger partial charge in [0.25, 0.3) is 0 Å². The number of carbonyl (C=O) groups is 1. The van der Waals surface area contributed by atoms with E-state index in [0.29, 0.717) is 12.1 Å². The van der Waals surface area contributed by atoms with Gasteiger partial charge in [0.15, 0.2) is 0 Å². The van der Waals surface area contributed by atoms with Crippen molar-refractivity contribution < 1.29 is 9.18 Å². The van der Waals surface area contributed by atoms with Crippen molar-refractivity contribution in [3.05, 3.63) is 35.6 Å². The van der Waals surface area contributed by atoms with Crippen molar-refractivity contribution in [3.63, 3.8) is 0 Å². The van der Waals surface area contributed by atoms with Gasteiger partial charge in [-0.05, 0) is 18.9 Å². The van der Waals surface area contributed by atoms with Gasteiger partial charge < -0.3 is 11.1 Å². The van der Waals surface area contributed by atoms with Gasteiger partial charge in [-0.3, -0.25) is 4.79 Å². The van der Waals surface area contributed by atoms with Crippen LogP contribution in [0, 0.1) is 11.7 Å². The van der Waals surface area contributed by atoms with Gasteiger partial charge in [-0.1, -0.05) is 25.1 Å². The molecule has 1 unspecified atom stereocenters. The van der Waals surface area contributed by atoms with Crippen molar-refractivity contribution in [1.29, 1.82) is 0 Å². The maximum Gasteiger partial charge on any atom is 0.224 e. The maximum absolute atomic E-state index is 13.7. The molecule has 4 heteroatoms. The van der Waals surface area contributed by atoms with Gasteiger partial charge in [0.05, 0.1) is 5.54 Å². The van der Waals surface area contributed by atoms with Crippen molar-refractivity contribution in [3.8, 4) is 0 Å². The molecule has 1 amide bonds. The second-order valence-electron chi connectivity index (χ2n) is 4.69. The molecular weight excluding hydrogens is 219 g/mol. The fraction of sp³-hybridized carbons (Fsp3) is 0.462. The number of amides is 1. The van der Waals surface area contributed by atoms with Gasteiger partial charge in [-0.15, -0.1) is 0 Å². The van der Waals surface area contributed by atoms with Crippen LogP contribution in [0.2, 0.25) is 0 Å². The second-order valence-corrected chi connectivity index (χ2v) is 4.69. The molecule has 3 nitrogen and oxygen atoms in total. The van der Waals surface area contributed by atoms with E-state index >= 15 is 0 Å². The summed E-state index contributed by atoms with van der Waals surface area (Å²) in [6.07, 6.45) is 1.58. The van der Waals surface area contributed by atoms with Gasteiger partial charge in [-0.2, -0.15) is 0 Å². The van der Waals surface area contributed by atoms with Crippen molar-refractivity contribution in [1.82, 2.24) is 5.32 Å². The van der Waals surface area contributed by atoms with Crippen LogP contribution in [0.1, 0.15) is 25.3 Å². The monoisotopic (exact) mass is 236 g/mol. The summed E-state index contributed by atoms with van der Waals surface area (Å²) in [5, 5.41) is 2.92. The summed E-state index contributed by atoms with van der Waals surface area (Å²) in [5.74, 6) is -0.599. The summed E-state index contributed by atoms with van der Waals surface area (Å²) < 4.78 is 13.7. The zero-order valence-corrected chi connectivity index (χ0v) is 9.87. The predicted molar refractivity (Wildman–Crippen MR) is 63.7 cm³/mol. The Bertz CT molecular complexity index is 429. The van der Waals surface area contributed by atoms with Crippen LogP contribution in [-0.2, 0) is 10.3 Å². The largest absolute Gasteiger partial charge is 0.346 e. The van der Waals surface area contributed by atoms with Gasteiger partial charge in [0.2, 0.25) is 5.91 Å². The van der Waals surface area contributed by atoms with E-state index in [0.717, 1.165) is 12.8 Å². The lowest BCUT2D eigenvalue weighted by molar-refractivity contribution is -0.125. The van der Waals surface area contributed by atoms with Crippen molar-refractivity contribution in [2.24, 2.45) is 11.7 Å². The van der Waals surface area contributed by atoms with Crippen LogP contribution in [0.15, 0.2) is 24.3 Å². The molecule has 2 rings (SSSR count). The van der Waals surface area contributed by atoms with Crippen molar-refractivity contribution in [2.75, 3.05) is 6.54 Å². The Labute approximate surface area is 100 Å². The highest BCUT2D eigenvalue weighted by atomic mass is 19.1. The lowest BCUT2D eigenvalue weighted by Gasteiger charge is -2.20. The minimum atomic E-state index is -0.494. The third-order valence-electron chi connectivity index (χ3n) is 3.30. The number of nitrogens with one attached hydrogen (secondary N) is 1. The standard InChI is InChI=1S/C13H17FN2O/c1-9(8-15)12(17)16-13(6-7-13)10-4-2-3-5-11(10)14/h2-5,9H,6-8,15H2,1H3,(H,16,17). The smallest absolute Gasteiger partial charge is 0.224 e. The fourth-order valence-electron chi connectivity index (χ4n) is 1.90. The molecule has 1 aliphatic rings. The fourth-order valence-corrected chi connectivity index (χ4v) is 1.90. The van der Waals surface area contributed by atoms with E-state index in [9.17, 15) is 9.18 Å². The molecule has 92 valence electrons. The van der Waals surface area contributed by atoms with Crippen LogP contribution in [0.5, 0.6) is 0 Å². The minimum absolute atomic E-state index is 0.103. The summed E-state index contributed by atoms with van der Waals surface area (Å²) in [4.78, 5) is 11.8. The van der Waals surface area contributed by atoms with E-state index in [-0.39, 0.29) is 17.6 Å². The first kappa shape index (κ1) is 12.0. The SMILES string of the molecule is CC(CN)C(=O)NC1(c2ccccc2F)CC1. The first-order valence-corrected chi connectivity index (χ1v) is 5.86. The Kier molecular flexibility index (Phi) is 3.15. The normalized spacial score (nSPS) is 18.5. The number of hydrogen-bond donors (Lipinski definition) is 2. The van der Waals surface area contributed by atoms with E-state index in [1.807, 2.05) is 0 Å². The number of benzene rings is 1. The van der Waals surface area contributed by atoms with Gasteiger partial charge >= 0.3 is 0 Å². The first-order chi connectivity index (χ1) is 8.09. The molecule has 0 bridgehead atoms. The highest BCUT2D eigenvalue weighted by Gasteiger charge is 2.47. The number of rotatable bonds is 4. The zero-order chi connectivity index (χ0) is 12.5. The number of nitrogens with two attached hydrogens (primary N) is 1. The highest BCUT2D eigenvalue weighted by Crippen LogP contribution is 2.46. The predicted octanol–water partition coefficient (Wildman–Crippen LogP) is 1.53. The average molecular weight is 236 g/mol. The quantitative estimate of drug-likeness (QED) is 0.833. The van der Waals surface area contributed by atoms with Crippen LogP contribution in [0.3, 0.4) is 0 Å². The Balaban J connectivity index is 2.16. The first-order valence-electron chi connectivity index (χ1n) is 5.86. The lowest BCUT2D eigenvalue weighted by atomic mass is 10.0. The molecule has 3 N–H and O–H groups in total. The topological polar surface area (TPSA) is 55.1 Å². The Hall–Kier alpha value is -1.42. The summed E-state index contributed by atoms with van der Waals surface area (Å²) in [7, 11) is 0. The second kappa shape index (κ2) is 4.45. The van der Waals surface area contributed by atoms with Crippen molar-refractivity contribution in [2.45, 2.75) is 25.3 Å². The number of hydrogen-bond acceptors (Lipinski definition) is 2. The minimum Gasteiger partial charge on any atom is -0.346 e. The molecule has 0 saturated heterocycles. The molecular formula is C13H17FN2O. The van der Waals surface area contributed by atoms with Gasteiger partial charge in [-0.25, -0.2) is 4.39 Å². The van der Waals surface area contributed by atoms with Crippen molar-refractivity contribution >= 4 is 5.91 Å². The van der Waals surface area contributed by atoms with Crippen LogP contribution < -0.4 is 11.1 Å². The van der Waals surface area contributed by atoms with E-state index in [2.05, 4.69) is 5.32 Å². The molecule has 1 atom stereocenters. The van der Waals surface area contributed by atoms with Gasteiger partial charge in [0.1, 0.15) is 5.82 Å². The average Bonchev–Trinajstić information content (AvgIpc) is 3.09. The Morgan fingerprint density at radius 1 is 1.53 bits per heavy atom. The summed E-state index contributed by atoms with van der Waals surface area (Å²) in [6.45, 7) is 2.08. The molecule has 1 aliphatic carbocycles. The molecule has 1 fully saturated rings. The molecule has 1 saturated carbocycles. The summed E-state index contributed by atoms with van der Waals surface area (Å²) in [5.41, 5.74) is 5.53. The molecule has 1 aromatic carbocycles. The third-order valence-corrected chi connectivity index (χ3v) is 3.30. The van der Waals surface area contributed by atoms with Gasteiger partial charge in [0, 0.05) is 18.0 Å². The highest BCUT2D eigenvalue weighted by molar-refractivity contribution is 5.80. The van der Waals surface area contributed by atoms with Crippen LogP contribution in [0.25, 0.3) is 0 Å². The zero-order valence-electron chi connectivity index (χ0n) is 9.87. The Morgan fingerprint density at radius 3 is 2.71 bits per heavy atom. The van der Waals surface area contributed by atoms with Crippen LogP contribution in [-0.4, -0.2) is 12.5 Å². The van der Waals surface area contributed by atoms with E-state index in [4.69, 9.17) is 5.73 Å². The summed E-state index contributed by atoms with van der Waals surface area (Å²) in [6, 6.07) is 6.60. The van der Waals surface area contributed by atoms with E-state index < -0.39 is 5.54 Å². The molecule has 0 heterocycles. The number of carbonyl (C=O) groups excluding carboxylic acids is 1. The molecule has 1 aromatic rings. The van der Waals surface area contributed by atoms with E-state index in [1.165, 1.54) is 6.07 Å². The Morgan fingerprint density at radius 2 is 2.18 bits per heavy atom. The molecule has 0 spiro atoms. The number of halogens is 1. The van der Waals surface area contributed by atoms with Crippen LogP contribution in [0.4, 0.5) is 4.39 Å². The molecule has 17 heavy (non-hydrogen) atoms. The maximum atomic E-state index is 13.7. The third kappa shape index (κ3) is 2.31. The lowest BCUT2D eigenvalue weighted by Crippen LogP contribution is -2.40.